The number of anilines is 1. The number of carbonyl (C=O) groups is 2. The lowest BCUT2D eigenvalue weighted by Gasteiger charge is -2.40. The second kappa shape index (κ2) is 3.92. The molecule has 2 unspecified atom stereocenters. The molecular weight excluding hydrogens is 238 g/mol. The van der Waals surface area contributed by atoms with Gasteiger partial charge in [-0.25, -0.2) is 4.90 Å². The zero-order chi connectivity index (χ0) is 13.7. The lowest BCUT2D eigenvalue weighted by molar-refractivity contribution is -0.135. The molecule has 2 fully saturated rings. The summed E-state index contributed by atoms with van der Waals surface area (Å²) in [4.78, 5) is 27.0. The minimum Gasteiger partial charge on any atom is -0.273 e. The molecule has 3 heteroatoms. The Kier molecular flexibility index (Phi) is 2.56. The van der Waals surface area contributed by atoms with Gasteiger partial charge in [-0.1, -0.05) is 31.0 Å². The van der Waals surface area contributed by atoms with Gasteiger partial charge >= 0.3 is 0 Å². The highest BCUT2D eigenvalue weighted by molar-refractivity contribution is 6.25. The Morgan fingerprint density at radius 1 is 0.895 bits per heavy atom. The Morgan fingerprint density at radius 3 is 1.84 bits per heavy atom. The molecule has 0 spiro atoms. The number of nitrogens with zero attached hydrogens (tertiary/aromatic N) is 1. The van der Waals surface area contributed by atoms with Gasteiger partial charge in [0.05, 0.1) is 16.5 Å². The maximum absolute atomic E-state index is 12.8. The Labute approximate surface area is 113 Å². The second-order valence-corrected chi connectivity index (χ2v) is 6.15. The molecule has 0 N–H and O–H groups in total. The number of benzene rings is 1. The monoisotopic (exact) mass is 257 g/mol. The molecule has 0 radical (unpaired) electrons. The van der Waals surface area contributed by atoms with Crippen LogP contribution < -0.4 is 4.90 Å². The van der Waals surface area contributed by atoms with Gasteiger partial charge in [-0.05, 0) is 38.8 Å². The largest absolute Gasteiger partial charge is 0.273 e. The Bertz CT molecular complexity index is 509. The standard InChI is InChI=1S/C16H19NO2/c1-15-10-6-7-11-16(15,2)14(19)17(13(15)18)12-8-4-3-5-9-12/h3-5,8-9H,6-7,10-11H2,1-2H3. The van der Waals surface area contributed by atoms with Gasteiger partial charge in [-0.15, -0.1) is 0 Å². The van der Waals surface area contributed by atoms with Crippen LogP contribution in [-0.2, 0) is 9.59 Å². The van der Waals surface area contributed by atoms with Gasteiger partial charge in [0.25, 0.3) is 0 Å². The van der Waals surface area contributed by atoms with Crippen LogP contribution >= 0.6 is 0 Å². The van der Waals surface area contributed by atoms with Crippen molar-refractivity contribution < 1.29 is 9.59 Å². The van der Waals surface area contributed by atoms with Crippen LogP contribution in [0.3, 0.4) is 0 Å². The van der Waals surface area contributed by atoms with Gasteiger partial charge in [-0.2, -0.15) is 0 Å². The number of hydrogen-bond acceptors (Lipinski definition) is 2. The van der Waals surface area contributed by atoms with Crippen molar-refractivity contribution in [1.29, 1.82) is 0 Å². The molecule has 1 aromatic rings. The summed E-state index contributed by atoms with van der Waals surface area (Å²) in [5.41, 5.74) is -0.356. The van der Waals surface area contributed by atoms with Crippen molar-refractivity contribution in [2.45, 2.75) is 39.5 Å². The fourth-order valence-electron chi connectivity index (χ4n) is 3.59. The van der Waals surface area contributed by atoms with E-state index in [0.717, 1.165) is 25.7 Å². The van der Waals surface area contributed by atoms with Crippen molar-refractivity contribution in [1.82, 2.24) is 0 Å². The fraction of sp³-hybridized carbons (Fsp3) is 0.500. The number of fused-ring (bicyclic) bond motifs is 1. The van der Waals surface area contributed by atoms with E-state index in [1.54, 1.807) is 0 Å². The molecular formula is C16H19NO2. The quantitative estimate of drug-likeness (QED) is 0.725. The first kappa shape index (κ1) is 12.4. The molecule has 1 heterocycles. The summed E-state index contributed by atoms with van der Waals surface area (Å²) in [5, 5.41) is 0. The van der Waals surface area contributed by atoms with Crippen LogP contribution in [0.5, 0.6) is 0 Å². The predicted molar refractivity (Wildman–Crippen MR) is 73.6 cm³/mol. The van der Waals surface area contributed by atoms with Gasteiger partial charge in [-0.3, -0.25) is 9.59 Å². The van der Waals surface area contributed by atoms with Crippen LogP contribution in [0.1, 0.15) is 39.5 Å². The highest BCUT2D eigenvalue weighted by Crippen LogP contribution is 2.57. The van der Waals surface area contributed by atoms with Gasteiger partial charge < -0.3 is 0 Å². The number of hydrogen-bond donors (Lipinski definition) is 0. The molecule has 3 rings (SSSR count). The Balaban J connectivity index is 2.10. The molecule has 1 aromatic carbocycles. The summed E-state index contributed by atoms with van der Waals surface area (Å²) < 4.78 is 0. The van der Waals surface area contributed by atoms with Crippen molar-refractivity contribution in [3.8, 4) is 0 Å². The summed E-state index contributed by atoms with van der Waals surface area (Å²) >= 11 is 0. The number of carbonyl (C=O) groups excluding carboxylic acids is 2. The van der Waals surface area contributed by atoms with Crippen LogP contribution in [0.25, 0.3) is 0 Å². The van der Waals surface area contributed by atoms with Crippen molar-refractivity contribution in [2.75, 3.05) is 4.90 Å². The minimum absolute atomic E-state index is 0.0223. The maximum Gasteiger partial charge on any atom is 0.240 e. The smallest absolute Gasteiger partial charge is 0.240 e. The van der Waals surface area contributed by atoms with Gasteiger partial charge in [0.1, 0.15) is 0 Å². The van der Waals surface area contributed by atoms with E-state index in [1.165, 1.54) is 4.90 Å². The van der Waals surface area contributed by atoms with Crippen LogP contribution in [0.2, 0.25) is 0 Å². The molecule has 2 aliphatic rings. The first-order chi connectivity index (χ1) is 9.01. The van der Waals surface area contributed by atoms with Gasteiger partial charge in [0.2, 0.25) is 11.8 Å². The Morgan fingerprint density at radius 2 is 1.37 bits per heavy atom. The average molecular weight is 257 g/mol. The van der Waals surface area contributed by atoms with Crippen LogP contribution in [0, 0.1) is 10.8 Å². The van der Waals surface area contributed by atoms with E-state index in [2.05, 4.69) is 0 Å². The summed E-state index contributed by atoms with van der Waals surface area (Å²) in [5.74, 6) is -0.0446. The lowest BCUT2D eigenvalue weighted by atomic mass is 9.59. The summed E-state index contributed by atoms with van der Waals surface area (Å²) in [7, 11) is 0. The molecule has 1 saturated heterocycles. The third kappa shape index (κ3) is 1.44. The summed E-state index contributed by atoms with van der Waals surface area (Å²) in [6.07, 6.45) is 3.70. The molecule has 1 aliphatic carbocycles. The van der Waals surface area contributed by atoms with Crippen LogP contribution in [0.15, 0.2) is 30.3 Å². The molecule has 0 aromatic heterocycles. The SMILES string of the molecule is CC12CCCCC1(C)C(=O)N(c1ccccc1)C2=O. The zero-order valence-electron chi connectivity index (χ0n) is 11.5. The van der Waals surface area contributed by atoms with E-state index >= 15 is 0 Å². The maximum atomic E-state index is 12.8. The van der Waals surface area contributed by atoms with Crippen molar-refractivity contribution >= 4 is 17.5 Å². The summed E-state index contributed by atoms with van der Waals surface area (Å²) in [6, 6.07) is 9.29. The highest BCUT2D eigenvalue weighted by atomic mass is 16.2. The third-order valence-corrected chi connectivity index (χ3v) is 5.19. The van der Waals surface area contributed by atoms with Gasteiger partial charge in [0, 0.05) is 0 Å². The molecule has 2 atom stereocenters. The second-order valence-electron chi connectivity index (χ2n) is 6.15. The number of amides is 2. The first-order valence-corrected chi connectivity index (χ1v) is 6.95. The number of para-hydroxylation sites is 1. The molecule has 2 amide bonds. The first-order valence-electron chi connectivity index (χ1n) is 6.95. The van der Waals surface area contributed by atoms with Crippen molar-refractivity contribution in [3.63, 3.8) is 0 Å². The highest BCUT2D eigenvalue weighted by Gasteiger charge is 2.64. The molecule has 1 saturated carbocycles. The lowest BCUT2D eigenvalue weighted by Crippen LogP contribution is -2.42. The Hall–Kier alpha value is -1.64. The van der Waals surface area contributed by atoms with E-state index in [9.17, 15) is 9.59 Å². The molecule has 1 aliphatic heterocycles. The molecule has 3 nitrogen and oxygen atoms in total. The van der Waals surface area contributed by atoms with Crippen LogP contribution in [0.4, 0.5) is 5.69 Å². The van der Waals surface area contributed by atoms with E-state index in [1.807, 2.05) is 44.2 Å². The zero-order valence-corrected chi connectivity index (χ0v) is 11.5. The average Bonchev–Trinajstić information content (AvgIpc) is 2.58. The number of rotatable bonds is 1. The van der Waals surface area contributed by atoms with E-state index < -0.39 is 10.8 Å². The van der Waals surface area contributed by atoms with Gasteiger partial charge in [0.15, 0.2) is 0 Å². The molecule has 100 valence electrons. The van der Waals surface area contributed by atoms with Crippen molar-refractivity contribution in [3.05, 3.63) is 30.3 Å². The van der Waals surface area contributed by atoms with Crippen molar-refractivity contribution in [2.24, 2.45) is 10.8 Å². The van der Waals surface area contributed by atoms with E-state index in [4.69, 9.17) is 0 Å². The summed E-state index contributed by atoms with van der Waals surface area (Å²) in [6.45, 7) is 3.94. The van der Waals surface area contributed by atoms with Crippen LogP contribution in [-0.4, -0.2) is 11.8 Å². The van der Waals surface area contributed by atoms with E-state index in [-0.39, 0.29) is 11.8 Å². The predicted octanol–water partition coefficient (Wildman–Crippen LogP) is 3.15. The fourth-order valence-corrected chi connectivity index (χ4v) is 3.59. The minimum atomic E-state index is -0.530. The normalized spacial score (nSPS) is 34.5. The number of imide groups is 1. The molecule has 0 bridgehead atoms. The topological polar surface area (TPSA) is 37.4 Å². The third-order valence-electron chi connectivity index (χ3n) is 5.19. The molecule has 19 heavy (non-hydrogen) atoms. The van der Waals surface area contributed by atoms with E-state index in [0.29, 0.717) is 5.69 Å².